The van der Waals surface area contributed by atoms with E-state index in [1.807, 2.05) is 30.3 Å². The molecule has 1 unspecified atom stereocenters. The summed E-state index contributed by atoms with van der Waals surface area (Å²) in [5, 5.41) is 8.89. The van der Waals surface area contributed by atoms with Gasteiger partial charge in [-0.2, -0.15) is 0 Å². The number of rotatable bonds is 3. The summed E-state index contributed by atoms with van der Waals surface area (Å²) in [4.78, 5) is 10.8. The standard InChI is InChI=1S/C15H13FO2.Al/c1-10(15(17)18)12-7-8-13(14(16)9-12)11-5-3-2-4-6-11;/h2-10H,1H3,(H,17,18);/q;+3. The van der Waals surface area contributed by atoms with Gasteiger partial charge in [-0.25, -0.2) is 4.39 Å². The summed E-state index contributed by atoms with van der Waals surface area (Å²) in [7, 11) is 0. The van der Waals surface area contributed by atoms with E-state index in [0.29, 0.717) is 11.1 Å². The molecule has 92 valence electrons. The average Bonchev–Trinajstić information content (AvgIpc) is 2.38. The van der Waals surface area contributed by atoms with Gasteiger partial charge in [0.15, 0.2) is 0 Å². The number of hydrogen-bond donors (Lipinski definition) is 1. The van der Waals surface area contributed by atoms with Gasteiger partial charge in [0, 0.05) is 5.56 Å². The van der Waals surface area contributed by atoms with Crippen molar-refractivity contribution in [1.82, 2.24) is 0 Å². The zero-order valence-corrected chi connectivity index (χ0v) is 11.7. The van der Waals surface area contributed by atoms with Crippen LogP contribution in [0.2, 0.25) is 0 Å². The largest absolute Gasteiger partial charge is 3.00 e. The second kappa shape index (κ2) is 6.51. The minimum Gasteiger partial charge on any atom is -0.481 e. The Bertz CT molecular complexity index is 570. The van der Waals surface area contributed by atoms with Gasteiger partial charge in [0.25, 0.3) is 0 Å². The molecule has 0 aliphatic rings. The smallest absolute Gasteiger partial charge is 0.481 e. The van der Waals surface area contributed by atoms with Gasteiger partial charge in [-0.3, -0.25) is 4.79 Å². The molecule has 1 N–H and O–H groups in total. The van der Waals surface area contributed by atoms with E-state index < -0.39 is 17.7 Å². The fourth-order valence-electron chi connectivity index (χ4n) is 1.80. The van der Waals surface area contributed by atoms with Gasteiger partial charge in [0.2, 0.25) is 0 Å². The van der Waals surface area contributed by atoms with E-state index in [1.165, 1.54) is 6.07 Å². The van der Waals surface area contributed by atoms with E-state index in [-0.39, 0.29) is 17.4 Å². The van der Waals surface area contributed by atoms with Gasteiger partial charge >= 0.3 is 23.3 Å². The van der Waals surface area contributed by atoms with Crippen LogP contribution in [0.3, 0.4) is 0 Å². The summed E-state index contributed by atoms with van der Waals surface area (Å²) in [6.07, 6.45) is 0. The first-order chi connectivity index (χ1) is 8.59. The summed E-state index contributed by atoms with van der Waals surface area (Å²) < 4.78 is 14.0. The predicted molar refractivity (Wildman–Crippen MR) is 73.6 cm³/mol. The first kappa shape index (κ1) is 15.4. The van der Waals surface area contributed by atoms with Crippen LogP contribution in [0.25, 0.3) is 11.1 Å². The first-order valence-corrected chi connectivity index (χ1v) is 5.67. The minimum absolute atomic E-state index is 0. The maximum atomic E-state index is 14.0. The molecule has 2 aromatic rings. The molecule has 0 fully saturated rings. The molecule has 2 nitrogen and oxygen atoms in total. The van der Waals surface area contributed by atoms with Crippen molar-refractivity contribution in [3.63, 3.8) is 0 Å². The molecule has 2 rings (SSSR count). The van der Waals surface area contributed by atoms with Crippen molar-refractivity contribution >= 4 is 23.3 Å². The first-order valence-electron chi connectivity index (χ1n) is 5.67. The molecule has 0 amide bonds. The molecule has 0 heterocycles. The van der Waals surface area contributed by atoms with Crippen LogP contribution in [0.15, 0.2) is 48.5 Å². The van der Waals surface area contributed by atoms with E-state index in [2.05, 4.69) is 0 Å². The van der Waals surface area contributed by atoms with E-state index >= 15 is 0 Å². The van der Waals surface area contributed by atoms with Crippen LogP contribution in [0.4, 0.5) is 4.39 Å². The van der Waals surface area contributed by atoms with Gasteiger partial charge in [-0.15, -0.1) is 0 Å². The summed E-state index contributed by atoms with van der Waals surface area (Å²) >= 11 is 0. The molecule has 0 spiro atoms. The molecule has 0 aliphatic carbocycles. The quantitative estimate of drug-likeness (QED) is 0.870. The summed E-state index contributed by atoms with van der Waals surface area (Å²) in [6, 6.07) is 13.7. The Labute approximate surface area is 122 Å². The SMILES string of the molecule is CC(C(=O)O)c1ccc(-c2ccccc2)c(F)c1.[Al+3]. The molecule has 0 saturated heterocycles. The topological polar surface area (TPSA) is 37.3 Å². The Kier molecular flexibility index (Phi) is 5.29. The van der Waals surface area contributed by atoms with Crippen molar-refractivity contribution in [3.05, 3.63) is 59.9 Å². The fourth-order valence-corrected chi connectivity index (χ4v) is 1.80. The molecular weight excluding hydrogens is 258 g/mol. The Morgan fingerprint density at radius 1 is 1.16 bits per heavy atom. The molecule has 0 aliphatic heterocycles. The Morgan fingerprint density at radius 3 is 2.32 bits per heavy atom. The molecule has 0 radical (unpaired) electrons. The van der Waals surface area contributed by atoms with Crippen LogP contribution < -0.4 is 0 Å². The molecule has 0 bridgehead atoms. The summed E-state index contributed by atoms with van der Waals surface area (Å²) in [6.45, 7) is 1.54. The Morgan fingerprint density at radius 2 is 1.79 bits per heavy atom. The average molecular weight is 271 g/mol. The van der Waals surface area contributed by atoms with Crippen LogP contribution in [0.1, 0.15) is 18.4 Å². The number of carboxylic acids is 1. The van der Waals surface area contributed by atoms with Crippen LogP contribution in [-0.2, 0) is 4.79 Å². The third-order valence-electron chi connectivity index (χ3n) is 2.95. The van der Waals surface area contributed by atoms with Crippen LogP contribution in [0, 0.1) is 5.82 Å². The van der Waals surface area contributed by atoms with Gasteiger partial charge in [-0.05, 0) is 24.1 Å². The van der Waals surface area contributed by atoms with Gasteiger partial charge in [0.05, 0.1) is 5.92 Å². The number of halogens is 1. The fraction of sp³-hybridized carbons (Fsp3) is 0.133. The molecule has 0 saturated carbocycles. The maximum Gasteiger partial charge on any atom is 3.00 e. The van der Waals surface area contributed by atoms with E-state index in [9.17, 15) is 9.18 Å². The molecule has 4 heteroatoms. The van der Waals surface area contributed by atoms with E-state index in [1.54, 1.807) is 19.1 Å². The Balaban J connectivity index is 0.00000180. The van der Waals surface area contributed by atoms with Crippen molar-refractivity contribution in [1.29, 1.82) is 0 Å². The van der Waals surface area contributed by atoms with Crippen molar-refractivity contribution in [3.8, 4) is 11.1 Å². The third-order valence-corrected chi connectivity index (χ3v) is 2.95. The second-order valence-corrected chi connectivity index (χ2v) is 4.17. The van der Waals surface area contributed by atoms with Crippen LogP contribution >= 0.6 is 0 Å². The number of carboxylic acid groups (broad SMARTS) is 1. The van der Waals surface area contributed by atoms with Crippen LogP contribution in [0.5, 0.6) is 0 Å². The second-order valence-electron chi connectivity index (χ2n) is 4.17. The van der Waals surface area contributed by atoms with Gasteiger partial charge in [-0.1, -0.05) is 42.5 Å². The summed E-state index contributed by atoms with van der Waals surface area (Å²) in [5.41, 5.74) is 1.74. The van der Waals surface area contributed by atoms with Crippen molar-refractivity contribution < 1.29 is 14.3 Å². The zero-order chi connectivity index (χ0) is 13.1. The molecule has 0 aromatic heterocycles. The molecule has 1 atom stereocenters. The van der Waals surface area contributed by atoms with Crippen molar-refractivity contribution in [2.75, 3.05) is 0 Å². The summed E-state index contributed by atoms with van der Waals surface area (Å²) in [5.74, 6) is -2.06. The van der Waals surface area contributed by atoms with Crippen molar-refractivity contribution in [2.45, 2.75) is 12.8 Å². The number of benzene rings is 2. The van der Waals surface area contributed by atoms with Crippen LogP contribution in [-0.4, -0.2) is 28.4 Å². The number of aliphatic carboxylic acids is 1. The van der Waals surface area contributed by atoms with Gasteiger partial charge in [0.1, 0.15) is 5.82 Å². The monoisotopic (exact) mass is 271 g/mol. The number of hydrogen-bond acceptors (Lipinski definition) is 1. The third kappa shape index (κ3) is 3.44. The Hall–Kier alpha value is -1.63. The van der Waals surface area contributed by atoms with E-state index in [4.69, 9.17) is 5.11 Å². The maximum absolute atomic E-state index is 14.0. The molecule has 19 heavy (non-hydrogen) atoms. The normalized spacial score (nSPS) is 11.5. The predicted octanol–water partition coefficient (Wildman–Crippen LogP) is 3.30. The van der Waals surface area contributed by atoms with E-state index in [0.717, 1.165) is 5.56 Å². The molecular formula is C15H13AlFO2+3. The number of carbonyl (C=O) groups is 1. The zero-order valence-electron chi connectivity index (χ0n) is 10.5. The van der Waals surface area contributed by atoms with Gasteiger partial charge < -0.3 is 5.11 Å². The molecule has 2 aromatic carbocycles. The van der Waals surface area contributed by atoms with Crippen molar-refractivity contribution in [2.24, 2.45) is 0 Å². The minimum atomic E-state index is -0.957.